The van der Waals surface area contributed by atoms with Crippen LogP contribution in [0.15, 0.2) is 54.0 Å². The number of hydrogen-bond donors (Lipinski definition) is 0. The fraction of sp³-hybridized carbons (Fsp3) is 0.0625. The number of hydrogen-bond acceptors (Lipinski definition) is 5. The Morgan fingerprint density at radius 1 is 1.18 bits per heavy atom. The number of rotatable bonds is 3. The molecule has 0 fully saturated rings. The van der Waals surface area contributed by atoms with Crippen LogP contribution in [0.3, 0.4) is 0 Å². The smallest absolute Gasteiger partial charge is 0.266 e. The minimum atomic E-state index is -0.290. The van der Waals surface area contributed by atoms with E-state index in [9.17, 15) is 4.79 Å². The van der Waals surface area contributed by atoms with Gasteiger partial charge in [-0.25, -0.2) is 9.98 Å². The third-order valence-corrected chi connectivity index (χ3v) is 4.13. The molecule has 0 radical (unpaired) electrons. The standard InChI is InChI=1S/C16H12N4OS/c1-11-14(15(21)19-9-12-4-7-17-8-5-12)22-16(20-11)13-3-2-6-18-10-13/h2-10H,1H3. The topological polar surface area (TPSA) is 68.1 Å². The molecule has 22 heavy (non-hydrogen) atoms. The molecule has 0 saturated heterocycles. The van der Waals surface area contributed by atoms with Gasteiger partial charge in [0, 0.05) is 36.6 Å². The summed E-state index contributed by atoms with van der Waals surface area (Å²) >= 11 is 1.33. The first-order chi connectivity index (χ1) is 10.7. The highest BCUT2D eigenvalue weighted by molar-refractivity contribution is 7.17. The number of carbonyl (C=O) groups is 1. The molecule has 3 aromatic rings. The van der Waals surface area contributed by atoms with Crippen LogP contribution < -0.4 is 0 Å². The molecule has 0 aromatic carbocycles. The number of thiazole rings is 1. The number of nitrogens with zero attached hydrogens (tertiary/aromatic N) is 4. The molecule has 0 aliphatic carbocycles. The average Bonchev–Trinajstić information content (AvgIpc) is 2.96. The monoisotopic (exact) mass is 308 g/mol. The molecule has 3 rings (SSSR count). The molecule has 0 atom stereocenters. The fourth-order valence-corrected chi connectivity index (χ4v) is 2.80. The maximum atomic E-state index is 12.2. The highest BCUT2D eigenvalue weighted by Crippen LogP contribution is 2.27. The van der Waals surface area contributed by atoms with E-state index in [4.69, 9.17) is 0 Å². The highest BCUT2D eigenvalue weighted by Gasteiger charge is 2.15. The second kappa shape index (κ2) is 6.36. The van der Waals surface area contributed by atoms with Crippen LogP contribution in [0.4, 0.5) is 0 Å². The summed E-state index contributed by atoms with van der Waals surface area (Å²) in [7, 11) is 0. The lowest BCUT2D eigenvalue weighted by Gasteiger charge is -1.92. The van der Waals surface area contributed by atoms with Gasteiger partial charge in [0.05, 0.1) is 5.69 Å². The van der Waals surface area contributed by atoms with Gasteiger partial charge in [-0.05, 0) is 36.8 Å². The second-order valence-electron chi connectivity index (χ2n) is 4.52. The van der Waals surface area contributed by atoms with Gasteiger partial charge in [0.25, 0.3) is 5.91 Å². The summed E-state index contributed by atoms with van der Waals surface area (Å²) in [4.78, 5) is 29.2. The van der Waals surface area contributed by atoms with Crippen LogP contribution in [0.1, 0.15) is 20.9 Å². The Balaban J connectivity index is 1.85. The van der Waals surface area contributed by atoms with Gasteiger partial charge < -0.3 is 0 Å². The molecular weight excluding hydrogens is 296 g/mol. The summed E-state index contributed by atoms with van der Waals surface area (Å²) in [5.41, 5.74) is 2.41. The zero-order valence-corrected chi connectivity index (χ0v) is 12.6. The van der Waals surface area contributed by atoms with E-state index in [0.717, 1.165) is 16.1 Å². The summed E-state index contributed by atoms with van der Waals surface area (Å²) in [6.45, 7) is 1.81. The number of amides is 1. The molecule has 6 heteroatoms. The Bertz CT molecular complexity index is 813. The SMILES string of the molecule is Cc1nc(-c2cccnc2)sc1C(=O)N=Cc1ccncc1. The first-order valence-corrected chi connectivity index (χ1v) is 7.42. The summed E-state index contributed by atoms with van der Waals surface area (Å²) in [5, 5.41) is 0.771. The lowest BCUT2D eigenvalue weighted by Crippen LogP contribution is -1.95. The molecule has 0 spiro atoms. The van der Waals surface area contributed by atoms with Crippen LogP contribution >= 0.6 is 11.3 Å². The zero-order chi connectivity index (χ0) is 15.4. The van der Waals surface area contributed by atoms with E-state index >= 15 is 0 Å². The van der Waals surface area contributed by atoms with E-state index in [1.165, 1.54) is 17.6 Å². The van der Waals surface area contributed by atoms with Crippen molar-refractivity contribution in [1.82, 2.24) is 15.0 Å². The first kappa shape index (κ1) is 14.2. The number of carbonyl (C=O) groups excluding carboxylic acids is 1. The van der Waals surface area contributed by atoms with Gasteiger partial charge in [0.1, 0.15) is 9.88 Å². The van der Waals surface area contributed by atoms with E-state index in [-0.39, 0.29) is 5.91 Å². The molecule has 3 aromatic heterocycles. The van der Waals surface area contributed by atoms with Crippen LogP contribution in [-0.4, -0.2) is 27.1 Å². The van der Waals surface area contributed by atoms with Crippen molar-refractivity contribution in [3.8, 4) is 10.6 Å². The van der Waals surface area contributed by atoms with Gasteiger partial charge in [-0.15, -0.1) is 11.3 Å². The Labute approximate surface area is 131 Å². The van der Waals surface area contributed by atoms with Crippen molar-refractivity contribution in [3.63, 3.8) is 0 Å². The van der Waals surface area contributed by atoms with E-state index < -0.39 is 0 Å². The zero-order valence-electron chi connectivity index (χ0n) is 11.8. The number of aliphatic imine (C=N–C) groups is 1. The normalized spacial score (nSPS) is 11.0. The Kier molecular flexibility index (Phi) is 4.11. The third-order valence-electron chi connectivity index (χ3n) is 2.94. The number of aryl methyl sites for hydroxylation is 1. The van der Waals surface area contributed by atoms with Gasteiger partial charge in [-0.3, -0.25) is 14.8 Å². The van der Waals surface area contributed by atoms with Crippen molar-refractivity contribution in [3.05, 3.63) is 65.2 Å². The van der Waals surface area contributed by atoms with E-state index in [2.05, 4.69) is 19.9 Å². The lowest BCUT2D eigenvalue weighted by atomic mass is 10.3. The van der Waals surface area contributed by atoms with Crippen molar-refractivity contribution in [2.45, 2.75) is 6.92 Å². The molecule has 0 N–H and O–H groups in total. The largest absolute Gasteiger partial charge is 0.288 e. The molecular formula is C16H12N4OS. The molecule has 0 aliphatic heterocycles. The molecule has 0 bridgehead atoms. The molecule has 5 nitrogen and oxygen atoms in total. The first-order valence-electron chi connectivity index (χ1n) is 6.60. The van der Waals surface area contributed by atoms with Crippen LogP contribution in [0.2, 0.25) is 0 Å². The second-order valence-corrected chi connectivity index (χ2v) is 5.52. The number of aromatic nitrogens is 3. The van der Waals surface area contributed by atoms with Gasteiger partial charge in [-0.2, -0.15) is 0 Å². The van der Waals surface area contributed by atoms with Crippen LogP contribution in [0, 0.1) is 6.92 Å². The summed E-state index contributed by atoms with van der Waals surface area (Å²) < 4.78 is 0. The Hall–Kier alpha value is -2.73. The lowest BCUT2D eigenvalue weighted by molar-refractivity contribution is 0.101. The van der Waals surface area contributed by atoms with Crippen LogP contribution in [0.5, 0.6) is 0 Å². The minimum absolute atomic E-state index is 0.290. The van der Waals surface area contributed by atoms with Crippen molar-refractivity contribution in [1.29, 1.82) is 0 Å². The number of pyridine rings is 2. The predicted octanol–water partition coefficient (Wildman–Crippen LogP) is 3.17. The van der Waals surface area contributed by atoms with Crippen LogP contribution in [-0.2, 0) is 0 Å². The summed E-state index contributed by atoms with van der Waals surface area (Å²) in [5.74, 6) is -0.290. The molecule has 0 unspecified atom stereocenters. The van der Waals surface area contributed by atoms with Gasteiger partial charge in [0.15, 0.2) is 0 Å². The molecule has 1 amide bonds. The maximum absolute atomic E-state index is 12.2. The van der Waals surface area contributed by atoms with E-state index in [1.54, 1.807) is 36.9 Å². The molecule has 108 valence electrons. The van der Waals surface area contributed by atoms with Crippen molar-refractivity contribution >= 4 is 23.5 Å². The molecule has 0 saturated carbocycles. The average molecular weight is 308 g/mol. The fourth-order valence-electron chi connectivity index (χ4n) is 1.85. The van der Waals surface area contributed by atoms with Crippen LogP contribution in [0.25, 0.3) is 10.6 Å². The highest BCUT2D eigenvalue weighted by atomic mass is 32.1. The van der Waals surface area contributed by atoms with E-state index in [1.807, 2.05) is 19.1 Å². The summed E-state index contributed by atoms with van der Waals surface area (Å²) in [6, 6.07) is 7.34. The Morgan fingerprint density at radius 2 is 2.00 bits per heavy atom. The molecule has 3 heterocycles. The summed E-state index contributed by atoms with van der Waals surface area (Å²) in [6.07, 6.45) is 8.28. The predicted molar refractivity (Wildman–Crippen MR) is 86.2 cm³/mol. The minimum Gasteiger partial charge on any atom is -0.266 e. The van der Waals surface area contributed by atoms with Gasteiger partial charge in [-0.1, -0.05) is 0 Å². The molecule has 0 aliphatic rings. The third kappa shape index (κ3) is 3.12. The van der Waals surface area contributed by atoms with Crippen molar-refractivity contribution < 1.29 is 4.79 Å². The van der Waals surface area contributed by atoms with Crippen molar-refractivity contribution in [2.75, 3.05) is 0 Å². The maximum Gasteiger partial charge on any atom is 0.288 e. The quantitative estimate of drug-likeness (QED) is 0.697. The van der Waals surface area contributed by atoms with Gasteiger partial charge >= 0.3 is 0 Å². The Morgan fingerprint density at radius 3 is 2.73 bits per heavy atom. The van der Waals surface area contributed by atoms with E-state index in [0.29, 0.717) is 10.6 Å². The van der Waals surface area contributed by atoms with Crippen molar-refractivity contribution in [2.24, 2.45) is 4.99 Å². The van der Waals surface area contributed by atoms with Gasteiger partial charge in [0.2, 0.25) is 0 Å².